The summed E-state index contributed by atoms with van der Waals surface area (Å²) in [5.41, 5.74) is 1.61. The summed E-state index contributed by atoms with van der Waals surface area (Å²) >= 11 is 1.78. The van der Waals surface area contributed by atoms with E-state index < -0.39 is 6.10 Å². The van der Waals surface area contributed by atoms with Crippen molar-refractivity contribution < 1.29 is 9.90 Å². The topological polar surface area (TPSA) is 52.6 Å². The maximum absolute atomic E-state index is 12.6. The van der Waals surface area contributed by atoms with Gasteiger partial charge in [0.15, 0.2) is 0 Å². The number of hydrogen-bond donors (Lipinski definition) is 2. The first-order valence-electron chi connectivity index (χ1n) is 8.43. The van der Waals surface area contributed by atoms with Gasteiger partial charge in [0.2, 0.25) is 0 Å². The largest absolute Gasteiger partial charge is 0.391 e. The van der Waals surface area contributed by atoms with Gasteiger partial charge in [0.1, 0.15) is 0 Å². The summed E-state index contributed by atoms with van der Waals surface area (Å²) in [6.45, 7) is 5.38. The van der Waals surface area contributed by atoms with Crippen LogP contribution >= 0.6 is 11.3 Å². The summed E-state index contributed by atoms with van der Waals surface area (Å²) in [6.07, 6.45) is 1.24. The molecule has 5 heteroatoms. The Morgan fingerprint density at radius 1 is 1.38 bits per heavy atom. The lowest BCUT2D eigenvalue weighted by molar-refractivity contribution is 0.0474. The maximum atomic E-state index is 12.6. The highest BCUT2D eigenvalue weighted by molar-refractivity contribution is 7.12. The molecule has 1 amide bonds. The summed E-state index contributed by atoms with van der Waals surface area (Å²) in [5.74, 6) is -0.00276. The van der Waals surface area contributed by atoms with Gasteiger partial charge in [-0.3, -0.25) is 4.79 Å². The lowest BCUT2D eigenvalue weighted by Gasteiger charge is -2.30. The third-order valence-electron chi connectivity index (χ3n) is 4.36. The van der Waals surface area contributed by atoms with Crippen molar-refractivity contribution in [3.05, 3.63) is 51.7 Å². The summed E-state index contributed by atoms with van der Waals surface area (Å²) in [5, 5.41) is 13.2. The number of anilines is 1. The monoisotopic (exact) mass is 344 g/mol. The number of likely N-dealkylation sites (tertiary alicyclic amines) is 1. The van der Waals surface area contributed by atoms with Crippen LogP contribution in [0.5, 0.6) is 0 Å². The lowest BCUT2D eigenvalue weighted by Crippen LogP contribution is -2.42. The zero-order valence-electron chi connectivity index (χ0n) is 14.2. The van der Waals surface area contributed by atoms with Gasteiger partial charge in [-0.25, -0.2) is 0 Å². The van der Waals surface area contributed by atoms with Crippen LogP contribution in [0, 0.1) is 6.92 Å². The highest BCUT2D eigenvalue weighted by atomic mass is 32.1. The van der Waals surface area contributed by atoms with E-state index in [-0.39, 0.29) is 11.9 Å². The second-order valence-electron chi connectivity index (χ2n) is 6.44. The Balaban J connectivity index is 1.70. The minimum Gasteiger partial charge on any atom is -0.391 e. The van der Waals surface area contributed by atoms with Crippen molar-refractivity contribution >= 4 is 22.9 Å². The number of aliphatic hydroxyl groups excluding tert-OH is 1. The van der Waals surface area contributed by atoms with Crippen LogP contribution in [0.2, 0.25) is 0 Å². The van der Waals surface area contributed by atoms with Gasteiger partial charge in [0, 0.05) is 34.1 Å². The number of β-amino-alcohol motifs (C(OH)–C–C–N with tert-alkyl or cyclic N) is 1. The van der Waals surface area contributed by atoms with Crippen LogP contribution in [0.15, 0.2) is 36.4 Å². The van der Waals surface area contributed by atoms with Gasteiger partial charge in [-0.2, -0.15) is 0 Å². The summed E-state index contributed by atoms with van der Waals surface area (Å²) in [7, 11) is 0. The average Bonchev–Trinajstić information content (AvgIpc) is 3.01. The number of rotatable bonds is 4. The van der Waals surface area contributed by atoms with Crippen LogP contribution < -0.4 is 5.32 Å². The third kappa shape index (κ3) is 3.97. The van der Waals surface area contributed by atoms with E-state index in [2.05, 4.69) is 31.3 Å². The van der Waals surface area contributed by atoms with Gasteiger partial charge < -0.3 is 15.3 Å². The van der Waals surface area contributed by atoms with E-state index in [4.69, 9.17) is 0 Å². The van der Waals surface area contributed by atoms with Gasteiger partial charge in [-0.1, -0.05) is 6.07 Å². The van der Waals surface area contributed by atoms with Crippen LogP contribution in [0.4, 0.5) is 5.69 Å². The van der Waals surface area contributed by atoms with Crippen LogP contribution in [0.25, 0.3) is 0 Å². The number of piperidine rings is 1. The first kappa shape index (κ1) is 17.0. The number of nitrogens with zero attached hydrogens (tertiary/aromatic N) is 1. The zero-order valence-corrected chi connectivity index (χ0v) is 15.0. The molecule has 2 atom stereocenters. The fourth-order valence-electron chi connectivity index (χ4n) is 3.07. The first-order valence-corrected chi connectivity index (χ1v) is 9.25. The Kier molecular flexibility index (Phi) is 5.21. The number of benzene rings is 1. The summed E-state index contributed by atoms with van der Waals surface area (Å²) in [4.78, 5) is 17.0. The molecule has 0 aliphatic carbocycles. The molecule has 1 aromatic carbocycles. The van der Waals surface area contributed by atoms with Crippen molar-refractivity contribution in [1.29, 1.82) is 0 Å². The van der Waals surface area contributed by atoms with Crippen LogP contribution in [-0.2, 0) is 0 Å². The maximum Gasteiger partial charge on any atom is 0.254 e. The third-order valence-corrected chi connectivity index (χ3v) is 5.55. The van der Waals surface area contributed by atoms with E-state index in [1.54, 1.807) is 16.2 Å². The van der Waals surface area contributed by atoms with Crippen molar-refractivity contribution in [3.63, 3.8) is 0 Å². The van der Waals surface area contributed by atoms with Crippen LogP contribution in [0.3, 0.4) is 0 Å². The fourth-order valence-corrected chi connectivity index (χ4v) is 3.95. The van der Waals surface area contributed by atoms with E-state index >= 15 is 0 Å². The molecule has 3 rings (SSSR count). The first-order chi connectivity index (χ1) is 11.5. The average molecular weight is 344 g/mol. The number of carbonyl (C=O) groups excluding carboxylic acids is 1. The molecule has 2 N–H and O–H groups in total. The Morgan fingerprint density at radius 3 is 2.92 bits per heavy atom. The molecule has 0 saturated carbocycles. The number of amides is 1. The molecule has 1 fully saturated rings. The SMILES string of the molecule is Cc1ccc(C(C)Nc2cccc(C(=O)N3CCCC(O)C3)c2)s1. The molecular formula is C19H24N2O2S. The van der Waals surface area contributed by atoms with Crippen LogP contribution in [-0.4, -0.2) is 35.1 Å². The molecule has 2 aromatic rings. The molecule has 128 valence electrons. The molecule has 1 saturated heterocycles. The van der Waals surface area contributed by atoms with E-state index in [9.17, 15) is 9.90 Å². The molecule has 0 spiro atoms. The smallest absolute Gasteiger partial charge is 0.254 e. The number of thiophene rings is 1. The van der Waals surface area contributed by atoms with Crippen molar-refractivity contribution in [2.24, 2.45) is 0 Å². The molecule has 24 heavy (non-hydrogen) atoms. The van der Waals surface area contributed by atoms with E-state index in [0.29, 0.717) is 12.1 Å². The second kappa shape index (κ2) is 7.36. The predicted octanol–water partition coefficient (Wildman–Crippen LogP) is 3.83. The van der Waals surface area contributed by atoms with Crippen molar-refractivity contribution in [2.45, 2.75) is 38.8 Å². The highest BCUT2D eigenvalue weighted by Gasteiger charge is 2.23. The number of aliphatic hydroxyl groups is 1. The van der Waals surface area contributed by atoms with Gasteiger partial charge in [-0.05, 0) is 57.0 Å². The van der Waals surface area contributed by atoms with Gasteiger partial charge in [0.05, 0.1) is 12.1 Å². The minimum absolute atomic E-state index is 0.00276. The summed E-state index contributed by atoms with van der Waals surface area (Å²) < 4.78 is 0. The number of hydrogen-bond acceptors (Lipinski definition) is 4. The van der Waals surface area contributed by atoms with Crippen molar-refractivity contribution in [2.75, 3.05) is 18.4 Å². The molecule has 1 aromatic heterocycles. The standard InChI is InChI=1S/C19H24N2O2S/c1-13-8-9-18(24-13)14(2)20-16-6-3-5-15(11-16)19(23)21-10-4-7-17(22)12-21/h3,5-6,8-9,11,14,17,20,22H,4,7,10,12H2,1-2H3. The molecule has 1 aliphatic rings. The Bertz CT molecular complexity index is 713. The number of nitrogens with one attached hydrogen (secondary N) is 1. The summed E-state index contributed by atoms with van der Waals surface area (Å²) in [6, 6.07) is 12.1. The minimum atomic E-state index is -0.397. The molecule has 0 bridgehead atoms. The predicted molar refractivity (Wildman–Crippen MR) is 98.7 cm³/mol. The van der Waals surface area contributed by atoms with Crippen molar-refractivity contribution in [3.8, 4) is 0 Å². The molecular weight excluding hydrogens is 320 g/mol. The Hall–Kier alpha value is -1.85. The molecule has 4 nitrogen and oxygen atoms in total. The van der Waals surface area contributed by atoms with E-state index in [1.165, 1.54) is 9.75 Å². The molecule has 2 unspecified atom stereocenters. The van der Waals surface area contributed by atoms with E-state index in [1.807, 2.05) is 24.3 Å². The number of carbonyl (C=O) groups is 1. The molecule has 1 aliphatic heterocycles. The zero-order chi connectivity index (χ0) is 17.1. The van der Waals surface area contributed by atoms with E-state index in [0.717, 1.165) is 25.1 Å². The quantitative estimate of drug-likeness (QED) is 0.886. The normalized spacial score (nSPS) is 19.1. The number of aryl methyl sites for hydroxylation is 1. The lowest BCUT2D eigenvalue weighted by atomic mass is 10.1. The Labute approximate surface area is 147 Å². The highest BCUT2D eigenvalue weighted by Crippen LogP contribution is 2.26. The van der Waals surface area contributed by atoms with Crippen molar-refractivity contribution in [1.82, 2.24) is 4.90 Å². The molecule has 0 radical (unpaired) electrons. The second-order valence-corrected chi connectivity index (χ2v) is 7.76. The van der Waals surface area contributed by atoms with Gasteiger partial charge in [0.25, 0.3) is 5.91 Å². The van der Waals surface area contributed by atoms with Crippen LogP contribution in [0.1, 0.15) is 45.9 Å². The Morgan fingerprint density at radius 2 is 2.21 bits per heavy atom. The molecule has 2 heterocycles. The van der Waals surface area contributed by atoms with Gasteiger partial charge >= 0.3 is 0 Å². The van der Waals surface area contributed by atoms with Gasteiger partial charge in [-0.15, -0.1) is 11.3 Å². The fraction of sp³-hybridized carbons (Fsp3) is 0.421.